The van der Waals surface area contributed by atoms with E-state index in [0.29, 0.717) is 6.54 Å². The van der Waals surface area contributed by atoms with Crippen molar-refractivity contribution in [2.24, 2.45) is 0 Å². The summed E-state index contributed by atoms with van der Waals surface area (Å²) < 4.78 is 0. The van der Waals surface area contributed by atoms with E-state index in [1.165, 1.54) is 5.56 Å². The highest BCUT2D eigenvalue weighted by Crippen LogP contribution is 2.23. The van der Waals surface area contributed by atoms with Crippen LogP contribution < -0.4 is 4.90 Å². The van der Waals surface area contributed by atoms with Gasteiger partial charge in [0.1, 0.15) is 0 Å². The van der Waals surface area contributed by atoms with Gasteiger partial charge in [0.2, 0.25) is 0 Å². The van der Waals surface area contributed by atoms with Gasteiger partial charge in [0.05, 0.1) is 6.04 Å². The molecule has 4 heteroatoms. The van der Waals surface area contributed by atoms with Crippen LogP contribution in [0.4, 0.5) is 5.69 Å². The molecule has 128 valence electrons. The molecule has 4 nitrogen and oxygen atoms in total. The lowest BCUT2D eigenvalue weighted by Crippen LogP contribution is -2.57. The molecule has 1 aliphatic heterocycles. The van der Waals surface area contributed by atoms with Gasteiger partial charge in [-0.3, -0.25) is 4.90 Å². The van der Waals surface area contributed by atoms with Crippen molar-refractivity contribution >= 4 is 11.7 Å². The molecule has 0 bridgehead atoms. The van der Waals surface area contributed by atoms with E-state index in [-0.39, 0.29) is 12.1 Å². The Morgan fingerprint density at radius 2 is 1.72 bits per heavy atom. The van der Waals surface area contributed by atoms with E-state index in [2.05, 4.69) is 52.8 Å². The number of rotatable bonds is 3. The number of piperazine rings is 1. The van der Waals surface area contributed by atoms with Crippen molar-refractivity contribution in [3.05, 3.63) is 66.2 Å². The molecular formula is C21H22N2O2. The van der Waals surface area contributed by atoms with Gasteiger partial charge in [-0.05, 0) is 24.6 Å². The fraction of sp³-hybridized carbons (Fsp3) is 0.286. The average molecular weight is 334 g/mol. The molecule has 1 fully saturated rings. The first-order valence-corrected chi connectivity index (χ1v) is 8.47. The summed E-state index contributed by atoms with van der Waals surface area (Å²) in [7, 11) is 0. The highest BCUT2D eigenvalue weighted by atomic mass is 16.4. The molecule has 2 atom stereocenters. The monoisotopic (exact) mass is 334 g/mol. The van der Waals surface area contributed by atoms with E-state index in [9.17, 15) is 4.79 Å². The Morgan fingerprint density at radius 1 is 1.08 bits per heavy atom. The smallest absolute Gasteiger partial charge is 0.381 e. The maximum absolute atomic E-state index is 10.9. The van der Waals surface area contributed by atoms with Crippen LogP contribution in [0.3, 0.4) is 0 Å². The average Bonchev–Trinajstić information content (AvgIpc) is 2.63. The van der Waals surface area contributed by atoms with Gasteiger partial charge in [0.15, 0.2) is 0 Å². The highest BCUT2D eigenvalue weighted by molar-refractivity contribution is 5.86. The third-order valence-electron chi connectivity index (χ3n) is 4.52. The quantitative estimate of drug-likeness (QED) is 0.877. The Morgan fingerprint density at radius 3 is 2.36 bits per heavy atom. The number of hydrogen-bond acceptors (Lipinski definition) is 3. The van der Waals surface area contributed by atoms with Crippen molar-refractivity contribution < 1.29 is 9.90 Å². The van der Waals surface area contributed by atoms with Gasteiger partial charge < -0.3 is 10.0 Å². The lowest BCUT2D eigenvalue weighted by molar-refractivity contribution is -0.130. The van der Waals surface area contributed by atoms with Gasteiger partial charge >= 0.3 is 5.97 Å². The standard InChI is InChI=1S/C21H22N2O2/c1-17-14-22(19-10-6-3-7-11-19)16-20(12-13-21(24)25)23(17)15-18-8-4-2-5-9-18/h2-11,17,20H,14-16H2,1H3,(H,24,25)/t17-,20-/m0/s1. The summed E-state index contributed by atoms with van der Waals surface area (Å²) in [6.07, 6.45) is 0. The zero-order chi connectivity index (χ0) is 17.6. The normalized spacial score (nSPS) is 20.6. The minimum Gasteiger partial charge on any atom is -0.472 e. The van der Waals surface area contributed by atoms with Crippen LogP contribution in [0.1, 0.15) is 12.5 Å². The molecule has 0 amide bonds. The van der Waals surface area contributed by atoms with Crippen LogP contribution >= 0.6 is 0 Å². The van der Waals surface area contributed by atoms with Gasteiger partial charge in [0, 0.05) is 37.3 Å². The molecule has 25 heavy (non-hydrogen) atoms. The lowest BCUT2D eigenvalue weighted by Gasteiger charge is -2.44. The van der Waals surface area contributed by atoms with Crippen molar-refractivity contribution in [2.45, 2.75) is 25.6 Å². The predicted octanol–water partition coefficient (Wildman–Crippen LogP) is 2.85. The maximum Gasteiger partial charge on any atom is 0.381 e. The number of benzene rings is 2. The summed E-state index contributed by atoms with van der Waals surface area (Å²) in [5.41, 5.74) is 2.36. The molecule has 3 rings (SSSR count). The summed E-state index contributed by atoms with van der Waals surface area (Å²) in [5.74, 6) is 4.20. The number of carbonyl (C=O) groups is 1. The lowest BCUT2D eigenvalue weighted by atomic mass is 10.0. The summed E-state index contributed by atoms with van der Waals surface area (Å²) in [6.45, 7) is 4.53. The summed E-state index contributed by atoms with van der Waals surface area (Å²) in [4.78, 5) is 15.5. The maximum atomic E-state index is 10.9. The van der Waals surface area contributed by atoms with Crippen LogP contribution in [0.5, 0.6) is 0 Å². The van der Waals surface area contributed by atoms with E-state index in [0.717, 1.165) is 18.8 Å². The van der Waals surface area contributed by atoms with E-state index < -0.39 is 5.97 Å². The van der Waals surface area contributed by atoms with Crippen LogP contribution in [0.2, 0.25) is 0 Å². The molecule has 2 aromatic rings. The molecule has 2 aromatic carbocycles. The van der Waals surface area contributed by atoms with E-state index in [1.807, 2.05) is 36.4 Å². The second-order valence-electron chi connectivity index (χ2n) is 6.34. The second kappa shape index (κ2) is 7.87. The second-order valence-corrected chi connectivity index (χ2v) is 6.34. The Balaban J connectivity index is 1.84. The Hall–Kier alpha value is -2.77. The number of nitrogens with zero attached hydrogens (tertiary/aromatic N) is 2. The highest BCUT2D eigenvalue weighted by Gasteiger charge is 2.31. The SMILES string of the molecule is C[C@H]1CN(c2ccccc2)C[C@H](C#CC(=O)O)N1Cc1ccccc1. The molecule has 0 unspecified atom stereocenters. The topological polar surface area (TPSA) is 43.8 Å². The fourth-order valence-electron chi connectivity index (χ4n) is 3.30. The third-order valence-corrected chi connectivity index (χ3v) is 4.52. The molecule has 1 aliphatic rings. The Kier molecular flexibility index (Phi) is 5.37. The van der Waals surface area contributed by atoms with Gasteiger partial charge in [-0.1, -0.05) is 54.5 Å². The van der Waals surface area contributed by atoms with E-state index >= 15 is 0 Å². The van der Waals surface area contributed by atoms with Crippen molar-refractivity contribution in [3.63, 3.8) is 0 Å². The molecule has 0 radical (unpaired) electrons. The first-order chi connectivity index (χ1) is 12.1. The predicted molar refractivity (Wildman–Crippen MR) is 99.3 cm³/mol. The van der Waals surface area contributed by atoms with E-state index in [4.69, 9.17) is 5.11 Å². The van der Waals surface area contributed by atoms with Crippen LogP contribution in [0.15, 0.2) is 60.7 Å². The first kappa shape index (κ1) is 17.1. The van der Waals surface area contributed by atoms with Gasteiger partial charge in [0.25, 0.3) is 0 Å². The van der Waals surface area contributed by atoms with Crippen molar-refractivity contribution in [3.8, 4) is 11.8 Å². The Labute approximate surface area is 148 Å². The number of hydrogen-bond donors (Lipinski definition) is 1. The zero-order valence-corrected chi connectivity index (χ0v) is 14.3. The molecule has 1 heterocycles. The van der Waals surface area contributed by atoms with E-state index in [1.54, 1.807) is 0 Å². The fourth-order valence-corrected chi connectivity index (χ4v) is 3.30. The van der Waals surface area contributed by atoms with Gasteiger partial charge in [-0.25, -0.2) is 4.79 Å². The molecule has 0 spiro atoms. The first-order valence-electron chi connectivity index (χ1n) is 8.47. The molecule has 1 saturated heterocycles. The number of carboxylic acids is 1. The van der Waals surface area contributed by atoms with Crippen LogP contribution in [-0.4, -0.2) is 41.1 Å². The molecule has 0 saturated carbocycles. The van der Waals surface area contributed by atoms with Crippen LogP contribution in [0, 0.1) is 11.8 Å². The number of para-hydroxylation sites is 1. The third kappa shape index (κ3) is 4.40. The number of aliphatic carboxylic acids is 1. The molecule has 0 aromatic heterocycles. The molecule has 0 aliphatic carbocycles. The van der Waals surface area contributed by atoms with Crippen molar-refractivity contribution in [2.75, 3.05) is 18.0 Å². The summed E-state index contributed by atoms with van der Waals surface area (Å²) in [6, 6.07) is 20.6. The number of anilines is 1. The summed E-state index contributed by atoms with van der Waals surface area (Å²) in [5, 5.41) is 8.96. The molecular weight excluding hydrogens is 312 g/mol. The minimum absolute atomic E-state index is 0.125. The Bertz CT molecular complexity index is 765. The molecule has 1 N–H and O–H groups in total. The largest absolute Gasteiger partial charge is 0.472 e. The zero-order valence-electron chi connectivity index (χ0n) is 14.3. The minimum atomic E-state index is -1.08. The van der Waals surface area contributed by atoms with Gasteiger partial charge in [-0.2, -0.15) is 0 Å². The number of carboxylic acid groups (broad SMARTS) is 1. The summed E-state index contributed by atoms with van der Waals surface area (Å²) >= 11 is 0. The van der Waals surface area contributed by atoms with Crippen molar-refractivity contribution in [1.29, 1.82) is 0 Å². The van der Waals surface area contributed by atoms with Crippen molar-refractivity contribution in [1.82, 2.24) is 4.90 Å². The van der Waals surface area contributed by atoms with Crippen LogP contribution in [-0.2, 0) is 11.3 Å². The van der Waals surface area contributed by atoms with Gasteiger partial charge in [-0.15, -0.1) is 0 Å². The van der Waals surface area contributed by atoms with Crippen LogP contribution in [0.25, 0.3) is 0 Å².